The number of urea groups is 1. The summed E-state index contributed by atoms with van der Waals surface area (Å²) in [6, 6.07) is 12.3. The van der Waals surface area contributed by atoms with Crippen LogP contribution < -0.4 is 10.1 Å². The minimum absolute atomic E-state index is 0.257. The molecule has 1 heterocycles. The van der Waals surface area contributed by atoms with Crippen molar-refractivity contribution in [1.82, 2.24) is 4.90 Å². The molecule has 1 aliphatic heterocycles. The summed E-state index contributed by atoms with van der Waals surface area (Å²) in [6.45, 7) is 0.840. The van der Waals surface area contributed by atoms with Gasteiger partial charge in [0.25, 0.3) is 0 Å². The zero-order valence-corrected chi connectivity index (χ0v) is 14.0. The molecule has 7 heteroatoms. The zero-order valence-electron chi connectivity index (χ0n) is 14.0. The zero-order chi connectivity index (χ0) is 18.5. The first-order chi connectivity index (χ1) is 12.5. The van der Waals surface area contributed by atoms with E-state index in [1.165, 1.54) is 12.1 Å². The van der Waals surface area contributed by atoms with E-state index < -0.39 is 5.97 Å². The maximum atomic E-state index is 13.2. The summed E-state index contributed by atoms with van der Waals surface area (Å²) in [5, 5.41) is 11.8. The molecule has 1 saturated heterocycles. The Morgan fingerprint density at radius 1 is 1.08 bits per heavy atom. The van der Waals surface area contributed by atoms with Crippen LogP contribution in [0.3, 0.4) is 0 Å². The minimum atomic E-state index is -0.807. The minimum Gasteiger partial charge on any atom is -0.481 e. The number of piperidine rings is 1. The fourth-order valence-electron chi connectivity index (χ4n) is 2.80. The van der Waals surface area contributed by atoms with E-state index in [4.69, 9.17) is 9.84 Å². The third-order valence-electron chi connectivity index (χ3n) is 4.27. The van der Waals surface area contributed by atoms with Gasteiger partial charge in [0, 0.05) is 24.8 Å². The SMILES string of the molecule is O=C(O)C1CCN(C(=O)Nc2ccc(Oc3cccc(F)c3)cc2)CC1. The molecule has 3 rings (SSSR count). The van der Waals surface area contributed by atoms with Crippen LogP contribution in [0, 0.1) is 11.7 Å². The van der Waals surface area contributed by atoms with Crippen molar-refractivity contribution in [1.29, 1.82) is 0 Å². The molecule has 0 atom stereocenters. The Morgan fingerprint density at radius 3 is 2.38 bits per heavy atom. The topological polar surface area (TPSA) is 78.9 Å². The normalized spacial score (nSPS) is 14.7. The molecule has 0 radical (unpaired) electrons. The van der Waals surface area contributed by atoms with Gasteiger partial charge in [-0.15, -0.1) is 0 Å². The van der Waals surface area contributed by atoms with Gasteiger partial charge in [-0.2, -0.15) is 0 Å². The van der Waals surface area contributed by atoms with Gasteiger partial charge in [0.1, 0.15) is 17.3 Å². The monoisotopic (exact) mass is 358 g/mol. The Labute approximate surface area is 150 Å². The molecule has 2 aromatic rings. The second kappa shape index (κ2) is 7.86. The van der Waals surface area contributed by atoms with E-state index in [1.54, 1.807) is 41.3 Å². The number of hydrogen-bond acceptors (Lipinski definition) is 3. The van der Waals surface area contributed by atoms with E-state index in [1.807, 2.05) is 0 Å². The Bertz CT molecular complexity index is 786. The first-order valence-corrected chi connectivity index (χ1v) is 8.33. The number of nitrogens with zero attached hydrogens (tertiary/aromatic N) is 1. The molecule has 0 saturated carbocycles. The molecule has 2 N–H and O–H groups in total. The van der Waals surface area contributed by atoms with Crippen LogP contribution in [-0.2, 0) is 4.79 Å². The first kappa shape index (κ1) is 17.7. The van der Waals surface area contributed by atoms with Crippen LogP contribution in [0.5, 0.6) is 11.5 Å². The van der Waals surface area contributed by atoms with Gasteiger partial charge in [0.15, 0.2) is 0 Å². The molecule has 0 spiro atoms. The first-order valence-electron chi connectivity index (χ1n) is 8.33. The lowest BCUT2D eigenvalue weighted by Crippen LogP contribution is -2.42. The Hall–Kier alpha value is -3.09. The highest BCUT2D eigenvalue weighted by atomic mass is 19.1. The molecule has 6 nitrogen and oxygen atoms in total. The molecule has 26 heavy (non-hydrogen) atoms. The summed E-state index contributed by atoms with van der Waals surface area (Å²) < 4.78 is 18.7. The van der Waals surface area contributed by atoms with Gasteiger partial charge < -0.3 is 20.1 Å². The van der Waals surface area contributed by atoms with Gasteiger partial charge in [-0.3, -0.25) is 4.79 Å². The van der Waals surface area contributed by atoms with E-state index >= 15 is 0 Å². The van der Waals surface area contributed by atoms with Crippen LogP contribution >= 0.6 is 0 Å². The van der Waals surface area contributed by atoms with E-state index in [0.717, 1.165) is 0 Å². The van der Waals surface area contributed by atoms with Gasteiger partial charge in [-0.1, -0.05) is 6.07 Å². The maximum Gasteiger partial charge on any atom is 0.321 e. The number of carboxylic acid groups (broad SMARTS) is 1. The average molecular weight is 358 g/mol. The Balaban J connectivity index is 1.54. The number of carbonyl (C=O) groups is 2. The molecular formula is C19H19FN2O4. The van der Waals surface area contributed by atoms with Crippen LogP contribution in [0.2, 0.25) is 0 Å². The number of benzene rings is 2. The lowest BCUT2D eigenvalue weighted by Gasteiger charge is -2.30. The van der Waals surface area contributed by atoms with Gasteiger partial charge in [-0.05, 0) is 49.2 Å². The van der Waals surface area contributed by atoms with Crippen molar-refractivity contribution >= 4 is 17.7 Å². The molecule has 0 aromatic heterocycles. The number of halogens is 1. The fraction of sp³-hybridized carbons (Fsp3) is 0.263. The van der Waals surface area contributed by atoms with Crippen LogP contribution in [0.4, 0.5) is 14.9 Å². The highest BCUT2D eigenvalue weighted by Crippen LogP contribution is 2.24. The summed E-state index contributed by atoms with van der Waals surface area (Å²) in [6.07, 6.45) is 0.923. The largest absolute Gasteiger partial charge is 0.481 e. The van der Waals surface area contributed by atoms with E-state index in [-0.39, 0.29) is 17.8 Å². The number of nitrogens with one attached hydrogen (secondary N) is 1. The number of anilines is 1. The standard InChI is InChI=1S/C19H19FN2O4/c20-14-2-1-3-17(12-14)26-16-6-4-15(5-7-16)21-19(25)22-10-8-13(9-11-22)18(23)24/h1-7,12-13H,8-11H2,(H,21,25)(H,23,24). The van der Waals surface area contributed by atoms with Crippen LogP contribution in [0.15, 0.2) is 48.5 Å². The molecule has 136 valence electrons. The van der Waals surface area contributed by atoms with Crippen molar-refractivity contribution < 1.29 is 23.8 Å². The molecule has 1 aliphatic rings. The molecular weight excluding hydrogens is 339 g/mol. The number of carbonyl (C=O) groups excluding carboxylic acids is 1. The second-order valence-electron chi connectivity index (χ2n) is 6.11. The Kier molecular flexibility index (Phi) is 5.36. The van der Waals surface area contributed by atoms with Gasteiger partial charge in [-0.25, -0.2) is 9.18 Å². The highest BCUT2D eigenvalue weighted by Gasteiger charge is 2.26. The van der Waals surface area contributed by atoms with Crippen LogP contribution in [0.1, 0.15) is 12.8 Å². The number of ether oxygens (including phenoxy) is 1. The van der Waals surface area contributed by atoms with Crippen molar-refractivity contribution in [2.75, 3.05) is 18.4 Å². The quantitative estimate of drug-likeness (QED) is 0.867. The van der Waals surface area contributed by atoms with E-state index in [0.29, 0.717) is 43.1 Å². The number of hydrogen-bond donors (Lipinski definition) is 2. The lowest BCUT2D eigenvalue weighted by molar-refractivity contribution is -0.143. The van der Waals surface area contributed by atoms with Crippen LogP contribution in [-0.4, -0.2) is 35.1 Å². The van der Waals surface area contributed by atoms with E-state index in [2.05, 4.69) is 5.32 Å². The number of carboxylic acids is 1. The van der Waals surface area contributed by atoms with Crippen molar-refractivity contribution in [3.8, 4) is 11.5 Å². The second-order valence-corrected chi connectivity index (χ2v) is 6.11. The summed E-state index contributed by atoms with van der Waals surface area (Å²) >= 11 is 0. The Morgan fingerprint density at radius 2 is 1.77 bits per heavy atom. The van der Waals surface area contributed by atoms with Crippen LogP contribution in [0.25, 0.3) is 0 Å². The van der Waals surface area contributed by atoms with Crippen molar-refractivity contribution in [2.24, 2.45) is 5.92 Å². The van der Waals surface area contributed by atoms with Crippen molar-refractivity contribution in [3.63, 3.8) is 0 Å². The van der Waals surface area contributed by atoms with E-state index in [9.17, 15) is 14.0 Å². The molecule has 2 amide bonds. The smallest absolute Gasteiger partial charge is 0.321 e. The van der Waals surface area contributed by atoms with Crippen molar-refractivity contribution in [2.45, 2.75) is 12.8 Å². The number of aliphatic carboxylic acids is 1. The van der Waals surface area contributed by atoms with Gasteiger partial charge in [0.2, 0.25) is 0 Å². The predicted octanol–water partition coefficient (Wildman–Crippen LogP) is 3.95. The van der Waals surface area contributed by atoms with Gasteiger partial charge >= 0.3 is 12.0 Å². The van der Waals surface area contributed by atoms with Crippen molar-refractivity contribution in [3.05, 3.63) is 54.3 Å². The lowest BCUT2D eigenvalue weighted by atomic mass is 9.97. The molecule has 0 bridgehead atoms. The average Bonchev–Trinajstić information content (AvgIpc) is 2.63. The summed E-state index contributed by atoms with van der Waals surface area (Å²) in [5.74, 6) is -0.644. The number of rotatable bonds is 4. The molecule has 2 aromatic carbocycles. The van der Waals surface area contributed by atoms with Gasteiger partial charge in [0.05, 0.1) is 5.92 Å². The third kappa shape index (κ3) is 4.50. The highest BCUT2D eigenvalue weighted by molar-refractivity contribution is 5.89. The summed E-state index contributed by atoms with van der Waals surface area (Å²) in [4.78, 5) is 24.8. The number of amides is 2. The third-order valence-corrected chi connectivity index (χ3v) is 4.27. The number of likely N-dealkylation sites (tertiary alicyclic amines) is 1. The molecule has 0 unspecified atom stereocenters. The molecule has 1 fully saturated rings. The maximum absolute atomic E-state index is 13.2. The predicted molar refractivity (Wildman–Crippen MR) is 93.9 cm³/mol. The fourth-order valence-corrected chi connectivity index (χ4v) is 2.80. The molecule has 0 aliphatic carbocycles. The summed E-state index contributed by atoms with van der Waals surface area (Å²) in [5.41, 5.74) is 0.599. The summed E-state index contributed by atoms with van der Waals surface area (Å²) in [7, 11) is 0.